The van der Waals surface area contributed by atoms with Gasteiger partial charge >= 0.3 is 0 Å². The molecule has 1 unspecified atom stereocenters. The molecule has 0 aliphatic heterocycles. The summed E-state index contributed by atoms with van der Waals surface area (Å²) in [6.07, 6.45) is 2.44. The predicted octanol–water partition coefficient (Wildman–Crippen LogP) is 2.99. The van der Waals surface area contributed by atoms with E-state index in [4.69, 9.17) is 0 Å². The van der Waals surface area contributed by atoms with E-state index in [0.717, 1.165) is 18.8 Å². The fourth-order valence-corrected chi connectivity index (χ4v) is 2.95. The number of likely N-dealkylation sites (N-methyl/N-ethyl adjacent to an activating group) is 2. The average Bonchev–Trinajstić information content (AvgIpc) is 2.31. The second-order valence-electron chi connectivity index (χ2n) is 5.54. The fourth-order valence-electron chi connectivity index (χ4n) is 2.40. The van der Waals surface area contributed by atoms with Gasteiger partial charge in [-0.15, -0.1) is 0 Å². The third-order valence-electron chi connectivity index (χ3n) is 4.03. The monoisotopic (exact) mass is 260 g/mol. The molecule has 0 fully saturated rings. The Balaban J connectivity index is 4.55. The molecule has 17 heavy (non-hydrogen) atoms. The van der Waals surface area contributed by atoms with E-state index in [1.165, 1.54) is 19.4 Å². The van der Waals surface area contributed by atoms with Crippen LogP contribution >= 0.6 is 12.6 Å². The van der Waals surface area contributed by atoms with Crippen LogP contribution in [-0.2, 0) is 0 Å². The summed E-state index contributed by atoms with van der Waals surface area (Å²) >= 11 is 4.58. The van der Waals surface area contributed by atoms with Crippen LogP contribution in [0, 0.1) is 5.41 Å². The van der Waals surface area contributed by atoms with Crippen LogP contribution in [0.3, 0.4) is 0 Å². The van der Waals surface area contributed by atoms with Gasteiger partial charge in [0.15, 0.2) is 0 Å². The van der Waals surface area contributed by atoms with Crippen LogP contribution < -0.4 is 0 Å². The van der Waals surface area contributed by atoms with Gasteiger partial charge in [-0.05, 0) is 51.6 Å². The van der Waals surface area contributed by atoms with Crippen molar-refractivity contribution in [1.82, 2.24) is 9.80 Å². The summed E-state index contributed by atoms with van der Waals surface area (Å²) in [5.41, 5.74) is 0.389. The highest BCUT2D eigenvalue weighted by atomic mass is 32.1. The summed E-state index contributed by atoms with van der Waals surface area (Å²) in [7, 11) is 4.30. The Labute approximate surface area is 114 Å². The molecular weight excluding hydrogens is 228 g/mol. The van der Waals surface area contributed by atoms with Crippen LogP contribution in [0.1, 0.15) is 40.5 Å². The Bertz CT molecular complexity index is 182. The minimum Gasteiger partial charge on any atom is -0.308 e. The summed E-state index contributed by atoms with van der Waals surface area (Å²) in [5.74, 6) is 0.991. The van der Waals surface area contributed by atoms with Crippen LogP contribution in [0.4, 0.5) is 0 Å². The first-order chi connectivity index (χ1) is 7.94. The van der Waals surface area contributed by atoms with Crippen LogP contribution in [0.5, 0.6) is 0 Å². The van der Waals surface area contributed by atoms with Crippen LogP contribution in [0.25, 0.3) is 0 Å². The maximum absolute atomic E-state index is 4.58. The Morgan fingerprint density at radius 1 is 1.12 bits per heavy atom. The van der Waals surface area contributed by atoms with Crippen molar-refractivity contribution in [1.29, 1.82) is 0 Å². The van der Waals surface area contributed by atoms with E-state index < -0.39 is 0 Å². The maximum Gasteiger partial charge on any atom is 0.0194 e. The molecular formula is C14H32N2S. The molecule has 0 saturated carbocycles. The molecule has 3 heteroatoms. The van der Waals surface area contributed by atoms with Gasteiger partial charge in [0.25, 0.3) is 0 Å². The van der Waals surface area contributed by atoms with E-state index in [0.29, 0.717) is 11.5 Å². The van der Waals surface area contributed by atoms with Crippen molar-refractivity contribution in [2.24, 2.45) is 5.41 Å². The number of nitrogens with zero attached hydrogens (tertiary/aromatic N) is 2. The average molecular weight is 260 g/mol. The Hall–Kier alpha value is 0.270. The van der Waals surface area contributed by atoms with Crippen LogP contribution in [0.15, 0.2) is 0 Å². The zero-order chi connectivity index (χ0) is 13.5. The summed E-state index contributed by atoms with van der Waals surface area (Å²) in [6, 6.07) is 0.618. The molecule has 2 nitrogen and oxygen atoms in total. The van der Waals surface area contributed by atoms with E-state index in [9.17, 15) is 0 Å². The van der Waals surface area contributed by atoms with Crippen molar-refractivity contribution < 1.29 is 0 Å². The van der Waals surface area contributed by atoms with Crippen molar-refractivity contribution in [3.05, 3.63) is 0 Å². The second kappa shape index (κ2) is 8.39. The molecule has 0 aromatic carbocycles. The van der Waals surface area contributed by atoms with Crippen molar-refractivity contribution in [3.63, 3.8) is 0 Å². The van der Waals surface area contributed by atoms with E-state index in [1.807, 2.05) is 0 Å². The van der Waals surface area contributed by atoms with Gasteiger partial charge in [0, 0.05) is 19.1 Å². The molecule has 0 bridgehead atoms. The molecule has 0 N–H and O–H groups in total. The molecule has 0 amide bonds. The van der Waals surface area contributed by atoms with Crippen molar-refractivity contribution in [2.45, 2.75) is 46.6 Å². The normalized spacial score (nSPS) is 14.6. The van der Waals surface area contributed by atoms with E-state index in [2.05, 4.69) is 64.2 Å². The molecule has 0 aliphatic rings. The van der Waals surface area contributed by atoms with Gasteiger partial charge in [-0.3, -0.25) is 4.90 Å². The molecule has 1 atom stereocenters. The summed E-state index contributed by atoms with van der Waals surface area (Å²) in [4.78, 5) is 4.87. The molecule has 0 aliphatic carbocycles. The number of hydrogen-bond acceptors (Lipinski definition) is 3. The third kappa shape index (κ3) is 5.62. The van der Waals surface area contributed by atoms with Gasteiger partial charge in [-0.25, -0.2) is 0 Å². The summed E-state index contributed by atoms with van der Waals surface area (Å²) in [5, 5.41) is 0. The fraction of sp³-hybridized carbons (Fsp3) is 1.00. The van der Waals surface area contributed by atoms with E-state index in [-0.39, 0.29) is 0 Å². The van der Waals surface area contributed by atoms with Crippen LogP contribution in [-0.4, -0.2) is 55.3 Å². The molecule has 0 aromatic rings. The van der Waals surface area contributed by atoms with Gasteiger partial charge in [0.1, 0.15) is 0 Å². The zero-order valence-corrected chi connectivity index (χ0v) is 13.6. The molecule has 0 spiro atoms. The van der Waals surface area contributed by atoms with E-state index in [1.54, 1.807) is 0 Å². The Morgan fingerprint density at radius 3 is 1.94 bits per heavy atom. The van der Waals surface area contributed by atoms with Crippen molar-refractivity contribution in [2.75, 3.05) is 39.5 Å². The van der Waals surface area contributed by atoms with Crippen molar-refractivity contribution >= 4 is 12.6 Å². The third-order valence-corrected chi connectivity index (χ3v) is 4.70. The first-order valence-corrected chi connectivity index (χ1v) is 7.57. The quantitative estimate of drug-likeness (QED) is 0.637. The minimum atomic E-state index is 0.389. The first-order valence-electron chi connectivity index (χ1n) is 6.94. The predicted molar refractivity (Wildman–Crippen MR) is 82.1 cm³/mol. The standard InChI is InChI=1S/C14H32N2S/c1-7-14(8-2,12-17)11-16(9-3)13(4)10-15(5)6/h13,17H,7-12H2,1-6H3. The van der Waals surface area contributed by atoms with Gasteiger partial charge in [-0.1, -0.05) is 20.8 Å². The first kappa shape index (κ1) is 17.3. The number of hydrogen-bond donors (Lipinski definition) is 1. The Morgan fingerprint density at radius 2 is 1.65 bits per heavy atom. The molecule has 0 aromatic heterocycles. The molecule has 0 rings (SSSR count). The van der Waals surface area contributed by atoms with Gasteiger partial charge < -0.3 is 4.90 Å². The lowest BCUT2D eigenvalue weighted by atomic mass is 9.83. The largest absolute Gasteiger partial charge is 0.308 e. The Kier molecular flexibility index (Phi) is 8.52. The van der Waals surface area contributed by atoms with Gasteiger partial charge in [-0.2, -0.15) is 12.6 Å². The van der Waals surface area contributed by atoms with Crippen molar-refractivity contribution in [3.8, 4) is 0 Å². The lowest BCUT2D eigenvalue weighted by Crippen LogP contribution is -2.46. The smallest absolute Gasteiger partial charge is 0.0194 e. The molecule has 0 heterocycles. The summed E-state index contributed by atoms with van der Waals surface area (Å²) < 4.78 is 0. The minimum absolute atomic E-state index is 0.389. The molecule has 104 valence electrons. The molecule has 0 saturated heterocycles. The summed E-state index contributed by atoms with van der Waals surface area (Å²) in [6.45, 7) is 12.6. The van der Waals surface area contributed by atoms with Gasteiger partial charge in [0.05, 0.1) is 0 Å². The van der Waals surface area contributed by atoms with E-state index >= 15 is 0 Å². The maximum atomic E-state index is 4.58. The highest BCUT2D eigenvalue weighted by molar-refractivity contribution is 7.80. The SMILES string of the molecule is CCN(CC(CC)(CC)CS)C(C)CN(C)C. The van der Waals surface area contributed by atoms with Crippen LogP contribution in [0.2, 0.25) is 0 Å². The highest BCUT2D eigenvalue weighted by Crippen LogP contribution is 2.29. The lowest BCUT2D eigenvalue weighted by Gasteiger charge is -2.39. The zero-order valence-electron chi connectivity index (χ0n) is 12.7. The highest BCUT2D eigenvalue weighted by Gasteiger charge is 2.28. The number of thiol groups is 1. The second-order valence-corrected chi connectivity index (χ2v) is 5.86. The van der Waals surface area contributed by atoms with Gasteiger partial charge in [0.2, 0.25) is 0 Å². The number of rotatable bonds is 9. The lowest BCUT2D eigenvalue weighted by molar-refractivity contribution is 0.112. The topological polar surface area (TPSA) is 6.48 Å². The molecule has 0 radical (unpaired) electrons.